The third-order valence-corrected chi connectivity index (χ3v) is 8.70. The van der Waals surface area contributed by atoms with Gasteiger partial charge in [-0.3, -0.25) is 0 Å². The van der Waals surface area contributed by atoms with Crippen LogP contribution >= 0.6 is 0 Å². The summed E-state index contributed by atoms with van der Waals surface area (Å²) in [4.78, 5) is 20.9. The van der Waals surface area contributed by atoms with Gasteiger partial charge in [-0.2, -0.15) is 9.97 Å². The lowest BCUT2D eigenvalue weighted by Crippen LogP contribution is -2.39. The fourth-order valence-electron chi connectivity index (χ4n) is 6.36. The lowest BCUT2D eigenvalue weighted by atomic mass is 9.67. The molecule has 202 valence electrons. The normalized spacial score (nSPS) is 20.2. The van der Waals surface area contributed by atoms with E-state index in [-0.39, 0.29) is 5.82 Å². The standard InChI is InChI=1S/C29H36BN6O3/c1-31-24-9-3-6-20-7-4-10-26(27(20)24)36-17-13-23-25(18-36)32-29(39-19-22-8-5-14-34(22)2)33-28(23)35-15-11-21(12-16-35)30(37)38/h1,3-4,6-7,9-10,21-22,37-38H,5,8,11-19H2,2H3/q+1/t22-/m0/s1. The number of likely N-dealkylation sites (tertiary alicyclic amines) is 1. The van der Waals surface area contributed by atoms with E-state index in [2.05, 4.69) is 50.9 Å². The van der Waals surface area contributed by atoms with E-state index in [1.807, 2.05) is 12.1 Å². The Bertz CT molecular complexity index is 1380. The molecule has 0 spiro atoms. The molecule has 4 heterocycles. The molecule has 1 atom stereocenters. The highest BCUT2D eigenvalue weighted by atomic mass is 16.5. The van der Waals surface area contributed by atoms with Crippen molar-refractivity contribution in [3.63, 3.8) is 0 Å². The Hall–Kier alpha value is -3.39. The lowest BCUT2D eigenvalue weighted by molar-refractivity contribution is 0.187. The summed E-state index contributed by atoms with van der Waals surface area (Å²) in [5.74, 6) is 0.826. The van der Waals surface area contributed by atoms with E-state index in [0.29, 0.717) is 38.0 Å². The zero-order valence-corrected chi connectivity index (χ0v) is 22.5. The van der Waals surface area contributed by atoms with Crippen LogP contribution in [0.4, 0.5) is 17.2 Å². The molecule has 9 nitrogen and oxygen atoms in total. The van der Waals surface area contributed by atoms with Gasteiger partial charge in [0.05, 0.1) is 23.3 Å². The van der Waals surface area contributed by atoms with Crippen molar-refractivity contribution < 1.29 is 14.8 Å². The van der Waals surface area contributed by atoms with Gasteiger partial charge in [0.2, 0.25) is 0 Å². The molecule has 1 aromatic heterocycles. The van der Waals surface area contributed by atoms with Gasteiger partial charge in [-0.25, -0.2) is 0 Å². The van der Waals surface area contributed by atoms with Crippen molar-refractivity contribution in [2.45, 2.75) is 50.5 Å². The van der Waals surface area contributed by atoms with Crippen molar-refractivity contribution >= 4 is 35.1 Å². The van der Waals surface area contributed by atoms with Crippen LogP contribution in [-0.2, 0) is 13.0 Å². The average Bonchev–Trinajstić information content (AvgIpc) is 3.39. The second-order valence-electron chi connectivity index (χ2n) is 11.0. The largest absolute Gasteiger partial charge is 0.462 e. The van der Waals surface area contributed by atoms with Crippen LogP contribution in [0.1, 0.15) is 36.9 Å². The number of piperidine rings is 1. The van der Waals surface area contributed by atoms with Crippen LogP contribution < -0.4 is 14.5 Å². The monoisotopic (exact) mass is 527 g/mol. The number of aromatic nitrogens is 2. The van der Waals surface area contributed by atoms with Crippen molar-refractivity contribution in [3.8, 4) is 12.6 Å². The molecule has 6 rings (SSSR count). The number of likely N-dealkylation sites (N-methyl/N-ethyl adjacent to an activating group) is 1. The van der Waals surface area contributed by atoms with Crippen LogP contribution in [0.5, 0.6) is 6.01 Å². The maximum atomic E-state index is 9.68. The number of fused-ring (bicyclic) bond motifs is 2. The predicted molar refractivity (Wildman–Crippen MR) is 155 cm³/mol. The summed E-state index contributed by atoms with van der Waals surface area (Å²) in [6, 6.07) is 13.1. The Morgan fingerprint density at radius 1 is 1.03 bits per heavy atom. The van der Waals surface area contributed by atoms with Crippen LogP contribution in [0.3, 0.4) is 0 Å². The van der Waals surface area contributed by atoms with Crippen LogP contribution in [0.2, 0.25) is 5.82 Å². The van der Waals surface area contributed by atoms with Gasteiger partial charge >= 0.3 is 18.8 Å². The highest BCUT2D eigenvalue weighted by Crippen LogP contribution is 2.39. The molecule has 2 saturated heterocycles. The SMILES string of the molecule is C#[N+]c1cccc2cccc(N3CCc4c(nc(OC[C@@H]5CCCN5C)nc4N4CCC(B(O)O)CC4)C3)c12. The van der Waals surface area contributed by atoms with E-state index in [1.165, 1.54) is 6.42 Å². The number of hydrogen-bond donors (Lipinski definition) is 2. The minimum Gasteiger partial charge on any atom is -0.462 e. The molecule has 3 aliphatic rings. The van der Waals surface area contributed by atoms with Gasteiger partial charge in [0.15, 0.2) is 0 Å². The van der Waals surface area contributed by atoms with Gasteiger partial charge in [0, 0.05) is 37.3 Å². The summed E-state index contributed by atoms with van der Waals surface area (Å²) in [6.45, 7) is 10.3. The Balaban J connectivity index is 1.33. The number of hydrogen-bond acceptors (Lipinski definition) is 8. The van der Waals surface area contributed by atoms with E-state index in [1.54, 1.807) is 0 Å². The molecule has 3 aromatic rings. The van der Waals surface area contributed by atoms with Gasteiger partial charge in [-0.1, -0.05) is 24.3 Å². The van der Waals surface area contributed by atoms with Crippen LogP contribution in [0, 0.1) is 6.57 Å². The molecule has 3 aliphatic heterocycles. The lowest BCUT2D eigenvalue weighted by Gasteiger charge is -2.36. The summed E-state index contributed by atoms with van der Waals surface area (Å²) in [7, 11) is 0.872. The Morgan fingerprint density at radius 2 is 1.82 bits per heavy atom. The molecule has 10 heteroatoms. The second-order valence-corrected chi connectivity index (χ2v) is 11.0. The molecule has 0 bridgehead atoms. The Morgan fingerprint density at radius 3 is 2.54 bits per heavy atom. The van der Waals surface area contributed by atoms with E-state index < -0.39 is 7.12 Å². The van der Waals surface area contributed by atoms with Gasteiger partial charge in [-0.05, 0) is 67.8 Å². The number of benzene rings is 2. The quantitative estimate of drug-likeness (QED) is 0.470. The fourth-order valence-corrected chi connectivity index (χ4v) is 6.36. The first-order chi connectivity index (χ1) is 19.0. The summed E-state index contributed by atoms with van der Waals surface area (Å²) >= 11 is 0. The van der Waals surface area contributed by atoms with Gasteiger partial charge < -0.3 is 29.5 Å². The number of anilines is 2. The Kier molecular flexibility index (Phi) is 7.30. The molecule has 0 aliphatic carbocycles. The molecule has 2 fully saturated rings. The van der Waals surface area contributed by atoms with E-state index in [9.17, 15) is 10.0 Å². The van der Waals surface area contributed by atoms with E-state index in [0.717, 1.165) is 78.2 Å². The highest BCUT2D eigenvalue weighted by molar-refractivity contribution is 6.43. The van der Waals surface area contributed by atoms with Gasteiger partial charge in [0.25, 0.3) is 6.57 Å². The smallest absolute Gasteiger partial charge is 0.454 e. The number of ether oxygens (including phenoxy) is 1. The molecular formula is C29H36BN6O3+. The minimum atomic E-state index is -1.27. The topological polar surface area (TPSA) is 89.6 Å². The van der Waals surface area contributed by atoms with Gasteiger partial charge in [0.1, 0.15) is 12.4 Å². The Labute approximate surface area is 230 Å². The first-order valence-corrected chi connectivity index (χ1v) is 14.0. The summed E-state index contributed by atoms with van der Waals surface area (Å²) < 4.78 is 6.24. The second kappa shape index (κ2) is 11.0. The number of rotatable bonds is 6. The molecule has 0 amide bonds. The third kappa shape index (κ3) is 5.14. The molecule has 0 radical (unpaired) electrons. The summed E-state index contributed by atoms with van der Waals surface area (Å²) in [6.07, 6.45) is 4.54. The van der Waals surface area contributed by atoms with Gasteiger partial charge in [-0.15, -0.1) is 0 Å². The summed E-state index contributed by atoms with van der Waals surface area (Å²) in [5.41, 5.74) is 4.00. The van der Waals surface area contributed by atoms with Crippen molar-refractivity contribution in [2.75, 3.05) is 49.6 Å². The highest BCUT2D eigenvalue weighted by Gasteiger charge is 2.32. The van der Waals surface area contributed by atoms with E-state index in [4.69, 9.17) is 21.3 Å². The molecular weight excluding hydrogens is 491 g/mol. The van der Waals surface area contributed by atoms with Crippen molar-refractivity contribution in [2.24, 2.45) is 0 Å². The average molecular weight is 527 g/mol. The zero-order chi connectivity index (χ0) is 26.9. The molecule has 2 aromatic carbocycles. The van der Waals surface area contributed by atoms with Crippen molar-refractivity contribution in [3.05, 3.63) is 52.5 Å². The maximum absolute atomic E-state index is 9.68. The van der Waals surface area contributed by atoms with Crippen LogP contribution in [0.15, 0.2) is 36.4 Å². The van der Waals surface area contributed by atoms with Crippen LogP contribution in [-0.4, -0.2) is 77.9 Å². The number of nitrogens with zero attached hydrogens (tertiary/aromatic N) is 6. The predicted octanol–water partition coefficient (Wildman–Crippen LogP) is 3.70. The third-order valence-electron chi connectivity index (χ3n) is 8.70. The van der Waals surface area contributed by atoms with Crippen molar-refractivity contribution in [1.29, 1.82) is 0 Å². The van der Waals surface area contributed by atoms with Crippen molar-refractivity contribution in [1.82, 2.24) is 14.9 Å². The van der Waals surface area contributed by atoms with Crippen LogP contribution in [0.25, 0.3) is 15.6 Å². The first-order valence-electron chi connectivity index (χ1n) is 14.0. The zero-order valence-electron chi connectivity index (χ0n) is 22.5. The fraction of sp³-hybridized carbons (Fsp3) is 0.483. The minimum absolute atomic E-state index is 0.100. The molecule has 0 unspecified atom stereocenters. The van der Waals surface area contributed by atoms with E-state index >= 15 is 0 Å². The maximum Gasteiger partial charge on any atom is 0.454 e. The molecule has 39 heavy (non-hydrogen) atoms. The first kappa shape index (κ1) is 25.9. The molecule has 0 saturated carbocycles. The molecule has 2 N–H and O–H groups in total. The summed E-state index contributed by atoms with van der Waals surface area (Å²) in [5, 5.41) is 21.5.